The number of ether oxygens (including phenoxy) is 1. The first-order valence-electron chi connectivity index (χ1n) is 16.1. The Balaban J connectivity index is 1.13. The molecule has 10 rings (SSSR count). The van der Waals surface area contributed by atoms with Gasteiger partial charge >= 0.3 is 0 Å². The van der Waals surface area contributed by atoms with Gasteiger partial charge in [0.25, 0.3) is 0 Å². The zero-order valence-corrected chi connectivity index (χ0v) is 25.8. The standard InChI is InChI=1S/C45H30O/c1-45(2)39-23-22-34-33(32-14-5-10-27-9-3-4-13-31(27)32)15-8-17-35(34)44(39)37-21-19-30(26-40(37)45)29-20-24-41-38(25-29)36-16-6-11-28-12-7-18-42(46-41)43(28)36/h3-26H,1-2H3. The molecule has 0 unspecified atom stereocenters. The predicted molar refractivity (Wildman–Crippen MR) is 193 cm³/mol. The molecule has 0 radical (unpaired) electrons. The van der Waals surface area contributed by atoms with Gasteiger partial charge in [-0.25, -0.2) is 0 Å². The fourth-order valence-corrected chi connectivity index (χ4v) is 8.21. The highest BCUT2D eigenvalue weighted by Crippen LogP contribution is 2.54. The molecule has 0 atom stereocenters. The molecule has 8 aromatic carbocycles. The number of fused-ring (bicyclic) bond motifs is 8. The molecular formula is C45H30O. The predicted octanol–water partition coefficient (Wildman–Crippen LogP) is 12.6. The Bertz CT molecular complexity index is 2570. The van der Waals surface area contributed by atoms with Crippen LogP contribution < -0.4 is 4.74 Å². The smallest absolute Gasteiger partial charge is 0.135 e. The lowest BCUT2D eigenvalue weighted by Gasteiger charge is -2.23. The number of hydrogen-bond donors (Lipinski definition) is 0. The first kappa shape index (κ1) is 25.6. The van der Waals surface area contributed by atoms with Gasteiger partial charge in [0.15, 0.2) is 0 Å². The number of benzene rings is 8. The Morgan fingerprint density at radius 3 is 1.98 bits per heavy atom. The lowest BCUT2D eigenvalue weighted by atomic mass is 9.81. The normalized spacial score (nSPS) is 13.8. The second-order valence-electron chi connectivity index (χ2n) is 13.3. The van der Waals surface area contributed by atoms with Gasteiger partial charge in [0.1, 0.15) is 11.5 Å². The monoisotopic (exact) mass is 586 g/mol. The maximum atomic E-state index is 6.40. The maximum Gasteiger partial charge on any atom is 0.135 e. The van der Waals surface area contributed by atoms with E-state index in [0.717, 1.165) is 17.1 Å². The highest BCUT2D eigenvalue weighted by molar-refractivity contribution is 6.11. The Morgan fingerprint density at radius 1 is 0.413 bits per heavy atom. The molecule has 0 bridgehead atoms. The van der Waals surface area contributed by atoms with Crippen LogP contribution in [0.4, 0.5) is 0 Å². The van der Waals surface area contributed by atoms with Crippen LogP contribution in [0.25, 0.3) is 76.8 Å². The fraction of sp³-hybridized carbons (Fsp3) is 0.0667. The van der Waals surface area contributed by atoms with Crippen molar-refractivity contribution in [2.24, 2.45) is 0 Å². The van der Waals surface area contributed by atoms with E-state index in [9.17, 15) is 0 Å². The van der Waals surface area contributed by atoms with Gasteiger partial charge in [-0.15, -0.1) is 0 Å². The Morgan fingerprint density at radius 2 is 1.09 bits per heavy atom. The van der Waals surface area contributed by atoms with Crippen LogP contribution in [0.1, 0.15) is 25.0 Å². The number of hydrogen-bond acceptors (Lipinski definition) is 1. The topological polar surface area (TPSA) is 9.23 Å². The highest BCUT2D eigenvalue weighted by atomic mass is 16.5. The average molecular weight is 587 g/mol. The Labute approximate surface area is 268 Å². The zero-order valence-electron chi connectivity index (χ0n) is 25.8. The van der Waals surface area contributed by atoms with Gasteiger partial charge < -0.3 is 4.74 Å². The molecule has 0 aromatic heterocycles. The van der Waals surface area contributed by atoms with Gasteiger partial charge in [0.2, 0.25) is 0 Å². The summed E-state index contributed by atoms with van der Waals surface area (Å²) in [6.07, 6.45) is 0. The SMILES string of the molecule is CC1(C)c2cc(-c3ccc4c(c3)-c3cccc5cccc(c35)O4)ccc2-c2c1ccc1c(-c3cccc4ccccc34)cccc21. The zero-order chi connectivity index (χ0) is 30.6. The Hall–Kier alpha value is -5.66. The summed E-state index contributed by atoms with van der Waals surface area (Å²) in [7, 11) is 0. The van der Waals surface area contributed by atoms with E-state index in [-0.39, 0.29) is 5.41 Å². The minimum atomic E-state index is -0.119. The molecule has 216 valence electrons. The van der Waals surface area contributed by atoms with Crippen molar-refractivity contribution < 1.29 is 4.74 Å². The quantitative estimate of drug-likeness (QED) is 0.196. The van der Waals surface area contributed by atoms with Crippen molar-refractivity contribution >= 4 is 32.3 Å². The van der Waals surface area contributed by atoms with Crippen LogP contribution in [0.3, 0.4) is 0 Å². The maximum absolute atomic E-state index is 6.40. The summed E-state index contributed by atoms with van der Waals surface area (Å²) >= 11 is 0. The third kappa shape index (κ3) is 3.46. The highest BCUT2D eigenvalue weighted by Gasteiger charge is 2.37. The summed E-state index contributed by atoms with van der Waals surface area (Å²) in [5, 5.41) is 7.58. The average Bonchev–Trinajstić information content (AvgIpc) is 3.33. The van der Waals surface area contributed by atoms with Crippen LogP contribution in [0.2, 0.25) is 0 Å². The first-order valence-corrected chi connectivity index (χ1v) is 16.1. The molecule has 8 aromatic rings. The molecular weight excluding hydrogens is 556 g/mol. The summed E-state index contributed by atoms with van der Waals surface area (Å²) in [4.78, 5) is 0. The summed E-state index contributed by atoms with van der Waals surface area (Å²) in [6.45, 7) is 4.75. The van der Waals surface area contributed by atoms with E-state index in [1.54, 1.807) is 0 Å². The largest absolute Gasteiger partial charge is 0.456 e. The first-order chi connectivity index (χ1) is 22.6. The van der Waals surface area contributed by atoms with Crippen LogP contribution in [0.15, 0.2) is 146 Å². The van der Waals surface area contributed by atoms with Crippen molar-refractivity contribution in [3.05, 3.63) is 157 Å². The van der Waals surface area contributed by atoms with E-state index in [0.29, 0.717) is 0 Å². The lowest BCUT2D eigenvalue weighted by molar-refractivity contribution is 0.487. The molecule has 1 heteroatoms. The summed E-state index contributed by atoms with van der Waals surface area (Å²) in [5.41, 5.74) is 12.7. The third-order valence-electron chi connectivity index (χ3n) is 10.5. The van der Waals surface area contributed by atoms with Gasteiger partial charge in [-0.1, -0.05) is 135 Å². The van der Waals surface area contributed by atoms with E-state index >= 15 is 0 Å². The van der Waals surface area contributed by atoms with E-state index in [1.165, 1.54) is 82.4 Å². The minimum Gasteiger partial charge on any atom is -0.456 e. The van der Waals surface area contributed by atoms with Crippen LogP contribution in [0, 0.1) is 0 Å². The van der Waals surface area contributed by atoms with Gasteiger partial charge in [0, 0.05) is 16.4 Å². The third-order valence-corrected chi connectivity index (χ3v) is 10.5. The summed E-state index contributed by atoms with van der Waals surface area (Å²) < 4.78 is 6.40. The van der Waals surface area contributed by atoms with Crippen LogP contribution in [0.5, 0.6) is 11.5 Å². The van der Waals surface area contributed by atoms with Gasteiger partial charge in [0.05, 0.1) is 0 Å². The second-order valence-corrected chi connectivity index (χ2v) is 13.3. The molecule has 1 aliphatic carbocycles. The molecule has 1 aliphatic heterocycles. The van der Waals surface area contributed by atoms with Crippen molar-refractivity contribution in [3.8, 4) is 56.0 Å². The molecule has 0 fully saturated rings. The molecule has 1 nitrogen and oxygen atoms in total. The fourth-order valence-electron chi connectivity index (χ4n) is 8.21. The Kier molecular flexibility index (Phi) is 5.12. The molecule has 46 heavy (non-hydrogen) atoms. The second kappa shape index (κ2) is 9.19. The van der Waals surface area contributed by atoms with Gasteiger partial charge in [-0.05, 0) is 101 Å². The molecule has 0 spiro atoms. The van der Waals surface area contributed by atoms with Crippen LogP contribution in [-0.2, 0) is 5.41 Å². The molecule has 0 N–H and O–H groups in total. The molecule has 1 heterocycles. The van der Waals surface area contributed by atoms with Crippen LogP contribution >= 0.6 is 0 Å². The minimum absolute atomic E-state index is 0.119. The molecule has 0 amide bonds. The van der Waals surface area contributed by atoms with E-state index in [2.05, 4.69) is 159 Å². The lowest BCUT2D eigenvalue weighted by Crippen LogP contribution is -2.15. The summed E-state index contributed by atoms with van der Waals surface area (Å²) in [5.74, 6) is 1.85. The van der Waals surface area contributed by atoms with E-state index < -0.39 is 0 Å². The van der Waals surface area contributed by atoms with Crippen molar-refractivity contribution in [2.45, 2.75) is 19.3 Å². The molecule has 0 saturated carbocycles. The van der Waals surface area contributed by atoms with Gasteiger partial charge in [-0.2, -0.15) is 0 Å². The molecule has 2 aliphatic rings. The van der Waals surface area contributed by atoms with E-state index in [4.69, 9.17) is 4.74 Å². The van der Waals surface area contributed by atoms with Crippen molar-refractivity contribution in [1.82, 2.24) is 0 Å². The van der Waals surface area contributed by atoms with Crippen LogP contribution in [-0.4, -0.2) is 0 Å². The van der Waals surface area contributed by atoms with E-state index in [1.807, 2.05) is 0 Å². The van der Waals surface area contributed by atoms with Gasteiger partial charge in [-0.3, -0.25) is 0 Å². The number of rotatable bonds is 2. The van der Waals surface area contributed by atoms with Crippen molar-refractivity contribution in [3.63, 3.8) is 0 Å². The van der Waals surface area contributed by atoms with Crippen molar-refractivity contribution in [2.75, 3.05) is 0 Å². The summed E-state index contributed by atoms with van der Waals surface area (Å²) in [6, 6.07) is 53.4. The van der Waals surface area contributed by atoms with Crippen molar-refractivity contribution in [1.29, 1.82) is 0 Å². The molecule has 0 saturated heterocycles.